The first kappa shape index (κ1) is 26.6. The molecule has 3 heterocycles. The highest BCUT2D eigenvalue weighted by atomic mass is 79.9. The molecule has 0 aliphatic carbocycles. The molecule has 0 atom stereocenters. The molecule has 0 radical (unpaired) electrons. The number of piperidine rings is 1. The molecule has 2 aromatic heterocycles. The predicted octanol–water partition coefficient (Wildman–Crippen LogP) is 7.54. The van der Waals surface area contributed by atoms with E-state index in [1.807, 2.05) is 65.2 Å². The summed E-state index contributed by atoms with van der Waals surface area (Å²) in [5.74, 6) is 8.01. The molecule has 1 aliphatic heterocycles. The molecule has 200 valence electrons. The molecule has 0 spiro atoms. The Balaban J connectivity index is 1.05. The van der Waals surface area contributed by atoms with Gasteiger partial charge in [0.2, 0.25) is 0 Å². The van der Waals surface area contributed by atoms with Gasteiger partial charge in [0, 0.05) is 40.9 Å². The zero-order valence-electron chi connectivity index (χ0n) is 22.0. The zero-order chi connectivity index (χ0) is 27.3. The van der Waals surface area contributed by atoms with Gasteiger partial charge in [0.05, 0.1) is 16.4 Å². The normalized spacial score (nSPS) is 14.2. The van der Waals surface area contributed by atoms with Gasteiger partial charge in [-0.3, -0.25) is 4.90 Å². The van der Waals surface area contributed by atoms with Gasteiger partial charge in [0.15, 0.2) is 5.65 Å². The lowest BCUT2D eigenvalue weighted by Crippen LogP contribution is -2.35. The van der Waals surface area contributed by atoms with Crippen molar-refractivity contribution in [3.8, 4) is 23.1 Å². The van der Waals surface area contributed by atoms with E-state index >= 15 is 0 Å². The monoisotopic (exact) mass is 609 g/mol. The molecule has 1 saturated heterocycles. The lowest BCUT2D eigenvalue weighted by molar-refractivity contribution is 0.182. The molecule has 7 heteroatoms. The third-order valence-corrected chi connectivity index (χ3v) is 8.23. The Morgan fingerprint density at radius 3 is 2.35 bits per heavy atom. The van der Waals surface area contributed by atoms with Crippen LogP contribution in [0.5, 0.6) is 0 Å². The van der Waals surface area contributed by atoms with Gasteiger partial charge < -0.3 is 5.32 Å². The summed E-state index contributed by atoms with van der Waals surface area (Å²) in [6, 6.07) is 28.6. The number of likely N-dealkylation sites (tertiary alicyclic amines) is 1. The van der Waals surface area contributed by atoms with Crippen LogP contribution in [0.4, 0.5) is 5.82 Å². The lowest BCUT2D eigenvalue weighted by atomic mass is 9.96. The molecule has 5 aromatic rings. The van der Waals surface area contributed by atoms with Crippen molar-refractivity contribution in [1.29, 1.82) is 0 Å². The van der Waals surface area contributed by atoms with E-state index in [4.69, 9.17) is 16.6 Å². The minimum atomic E-state index is 0.595. The van der Waals surface area contributed by atoms with E-state index in [1.165, 1.54) is 5.56 Å². The number of nitrogens with zero attached hydrogens (tertiary/aromatic N) is 4. The van der Waals surface area contributed by atoms with Gasteiger partial charge in [-0.2, -0.15) is 9.61 Å². The van der Waals surface area contributed by atoms with Gasteiger partial charge in [0.1, 0.15) is 5.82 Å². The van der Waals surface area contributed by atoms with E-state index in [-0.39, 0.29) is 0 Å². The van der Waals surface area contributed by atoms with Crippen LogP contribution in [0.25, 0.3) is 16.9 Å². The summed E-state index contributed by atoms with van der Waals surface area (Å²) >= 11 is 10.1. The summed E-state index contributed by atoms with van der Waals surface area (Å²) in [5.41, 5.74) is 5.92. The fourth-order valence-electron chi connectivity index (χ4n) is 5.08. The molecule has 5 nitrogen and oxygen atoms in total. The fraction of sp³-hybridized carbons (Fsp3) is 0.212. The SMILES string of the molecule is Clc1ccccc1-c1cc(NCC2CCN(Cc3ccc(C#Cc4ccccc4)cc3)CC2)n2ncc(Br)c2n1. The predicted molar refractivity (Wildman–Crippen MR) is 166 cm³/mol. The maximum Gasteiger partial charge on any atom is 0.172 e. The first-order chi connectivity index (χ1) is 19.6. The van der Waals surface area contributed by atoms with E-state index in [2.05, 4.69) is 67.4 Å². The Labute approximate surface area is 248 Å². The topological polar surface area (TPSA) is 45.5 Å². The van der Waals surface area contributed by atoms with E-state index in [0.717, 1.165) is 77.3 Å². The maximum absolute atomic E-state index is 6.49. The second-order valence-corrected chi connectivity index (χ2v) is 11.4. The van der Waals surface area contributed by atoms with Gasteiger partial charge in [-0.15, -0.1) is 0 Å². The number of nitrogens with one attached hydrogen (secondary N) is 1. The quantitative estimate of drug-likeness (QED) is 0.202. The molecule has 0 amide bonds. The van der Waals surface area contributed by atoms with E-state index in [0.29, 0.717) is 10.9 Å². The van der Waals surface area contributed by atoms with Gasteiger partial charge in [-0.1, -0.05) is 72.0 Å². The highest BCUT2D eigenvalue weighted by Gasteiger charge is 2.20. The van der Waals surface area contributed by atoms with Crippen LogP contribution in [0.2, 0.25) is 5.02 Å². The number of benzene rings is 3. The Bertz CT molecular complexity index is 1660. The molecule has 0 unspecified atom stereocenters. The number of aromatic nitrogens is 3. The second-order valence-electron chi connectivity index (χ2n) is 10.1. The number of halogens is 2. The van der Waals surface area contributed by atoms with Crippen LogP contribution in [0.15, 0.2) is 95.6 Å². The highest BCUT2D eigenvalue weighted by Crippen LogP contribution is 2.30. The smallest absolute Gasteiger partial charge is 0.172 e. The Kier molecular flexibility index (Phi) is 8.15. The van der Waals surface area contributed by atoms with Crippen LogP contribution in [0.3, 0.4) is 0 Å². The summed E-state index contributed by atoms with van der Waals surface area (Å²) in [4.78, 5) is 7.36. The van der Waals surface area contributed by atoms with Crippen molar-refractivity contribution in [1.82, 2.24) is 19.5 Å². The molecule has 1 fully saturated rings. The summed E-state index contributed by atoms with van der Waals surface area (Å²) < 4.78 is 2.71. The molecule has 0 bridgehead atoms. The number of hydrogen-bond donors (Lipinski definition) is 1. The van der Waals surface area contributed by atoms with E-state index in [9.17, 15) is 0 Å². The molecular formula is C33H29BrClN5. The fourth-order valence-corrected chi connectivity index (χ4v) is 5.66. The van der Waals surface area contributed by atoms with E-state index < -0.39 is 0 Å². The van der Waals surface area contributed by atoms with Crippen molar-refractivity contribution in [2.24, 2.45) is 5.92 Å². The number of anilines is 1. The largest absolute Gasteiger partial charge is 0.370 e. The molecular weight excluding hydrogens is 582 g/mol. The summed E-state index contributed by atoms with van der Waals surface area (Å²) in [5, 5.41) is 8.87. The Morgan fingerprint density at radius 2 is 1.60 bits per heavy atom. The first-order valence-corrected chi connectivity index (χ1v) is 14.7. The molecule has 40 heavy (non-hydrogen) atoms. The average molecular weight is 611 g/mol. The van der Waals surface area contributed by atoms with E-state index in [1.54, 1.807) is 6.20 Å². The third kappa shape index (κ3) is 6.23. The van der Waals surface area contributed by atoms with Crippen molar-refractivity contribution in [3.05, 3.63) is 117 Å². The second kappa shape index (κ2) is 12.3. The Morgan fingerprint density at radius 1 is 0.900 bits per heavy atom. The summed E-state index contributed by atoms with van der Waals surface area (Å²) in [7, 11) is 0. The number of rotatable bonds is 6. The van der Waals surface area contributed by atoms with Gasteiger partial charge >= 0.3 is 0 Å². The standard InChI is InChI=1S/C33H29BrClN5/c34-29-22-37-40-32(20-31(38-33(29)40)28-8-4-5-9-30(28)35)36-21-26-16-18-39(19-17-26)23-27-14-12-25(13-15-27)11-10-24-6-2-1-3-7-24/h1-9,12-15,20,22,26,36H,16-19,21,23H2. The minimum Gasteiger partial charge on any atom is -0.370 e. The van der Waals surface area contributed by atoms with Crippen LogP contribution < -0.4 is 5.32 Å². The van der Waals surface area contributed by atoms with Gasteiger partial charge in [0.25, 0.3) is 0 Å². The van der Waals surface area contributed by atoms with Crippen molar-refractivity contribution in [2.75, 3.05) is 25.0 Å². The summed E-state index contributed by atoms with van der Waals surface area (Å²) in [6.45, 7) is 4.04. The molecule has 0 saturated carbocycles. The maximum atomic E-state index is 6.49. The summed E-state index contributed by atoms with van der Waals surface area (Å²) in [6.07, 6.45) is 4.09. The molecule has 6 rings (SSSR count). The van der Waals surface area contributed by atoms with Crippen LogP contribution >= 0.6 is 27.5 Å². The Hall–Kier alpha value is -3.63. The van der Waals surface area contributed by atoms with Gasteiger partial charge in [-0.25, -0.2) is 4.98 Å². The highest BCUT2D eigenvalue weighted by molar-refractivity contribution is 9.10. The van der Waals surface area contributed by atoms with Gasteiger partial charge in [-0.05, 0) is 83.7 Å². The molecule has 1 aliphatic rings. The lowest BCUT2D eigenvalue weighted by Gasteiger charge is -2.32. The molecule has 1 N–H and O–H groups in total. The van der Waals surface area contributed by atoms with Crippen LogP contribution in [-0.2, 0) is 6.54 Å². The minimum absolute atomic E-state index is 0.595. The zero-order valence-corrected chi connectivity index (χ0v) is 24.4. The number of fused-ring (bicyclic) bond motifs is 1. The first-order valence-electron chi connectivity index (χ1n) is 13.5. The van der Waals surface area contributed by atoms with Crippen molar-refractivity contribution < 1.29 is 0 Å². The van der Waals surface area contributed by atoms with Crippen molar-refractivity contribution >= 4 is 39.0 Å². The van der Waals surface area contributed by atoms with Crippen molar-refractivity contribution in [2.45, 2.75) is 19.4 Å². The molecule has 3 aromatic carbocycles. The average Bonchev–Trinajstić information content (AvgIpc) is 3.37. The van der Waals surface area contributed by atoms with Crippen LogP contribution in [0.1, 0.15) is 29.5 Å². The third-order valence-electron chi connectivity index (χ3n) is 7.34. The van der Waals surface area contributed by atoms with Crippen LogP contribution in [0, 0.1) is 17.8 Å². The number of hydrogen-bond acceptors (Lipinski definition) is 4. The van der Waals surface area contributed by atoms with Crippen molar-refractivity contribution in [3.63, 3.8) is 0 Å². The van der Waals surface area contributed by atoms with Crippen LogP contribution in [-0.4, -0.2) is 39.1 Å².